The lowest BCUT2D eigenvalue weighted by atomic mass is 10.1. The molecule has 0 aliphatic heterocycles. The van der Waals surface area contributed by atoms with Gasteiger partial charge in [-0.05, 0) is 23.6 Å². The summed E-state index contributed by atoms with van der Waals surface area (Å²) in [5.74, 6) is 0.0158. The molecule has 0 heterocycles. The van der Waals surface area contributed by atoms with Crippen molar-refractivity contribution >= 4 is 18.1 Å². The van der Waals surface area contributed by atoms with Crippen molar-refractivity contribution in [1.82, 2.24) is 5.32 Å². The summed E-state index contributed by atoms with van der Waals surface area (Å²) in [7, 11) is 0. The van der Waals surface area contributed by atoms with Gasteiger partial charge in [0.05, 0.1) is 0 Å². The molecule has 1 amide bonds. The van der Waals surface area contributed by atoms with Crippen molar-refractivity contribution in [2.45, 2.75) is 13.3 Å². The average Bonchev–Trinajstić information content (AvgIpc) is 2.28. The predicted molar refractivity (Wildman–Crippen MR) is 68.9 cm³/mol. The number of hydrogen-bond acceptors (Lipinski definition) is 1. The van der Waals surface area contributed by atoms with Crippen LogP contribution in [0.2, 0.25) is 0 Å². The lowest BCUT2D eigenvalue weighted by Gasteiger charge is -1.98. The quantitative estimate of drug-likeness (QED) is 0.752. The Kier molecular flexibility index (Phi) is 5.06. The Hall–Kier alpha value is -1.83. The Morgan fingerprint density at radius 1 is 1.44 bits per heavy atom. The Morgan fingerprint density at radius 2 is 2.19 bits per heavy atom. The van der Waals surface area contributed by atoms with Gasteiger partial charge in [0.1, 0.15) is 0 Å². The van der Waals surface area contributed by atoms with Crippen LogP contribution in [0.15, 0.2) is 36.9 Å². The highest BCUT2D eigenvalue weighted by atomic mass is 16.1. The van der Waals surface area contributed by atoms with Crippen molar-refractivity contribution in [2.24, 2.45) is 0 Å². The van der Waals surface area contributed by atoms with Gasteiger partial charge in [-0.2, -0.15) is 0 Å². The van der Waals surface area contributed by atoms with Gasteiger partial charge in [0.15, 0.2) is 0 Å². The van der Waals surface area contributed by atoms with Crippen LogP contribution in [0.25, 0.3) is 12.2 Å². The van der Waals surface area contributed by atoms with E-state index in [1.165, 1.54) is 6.92 Å². The molecule has 2 heteroatoms. The van der Waals surface area contributed by atoms with Gasteiger partial charge in [-0.25, -0.2) is 0 Å². The first kappa shape index (κ1) is 12.2. The second-order valence-electron chi connectivity index (χ2n) is 3.55. The first-order chi connectivity index (χ1) is 7.72. The zero-order valence-corrected chi connectivity index (χ0v) is 9.57. The van der Waals surface area contributed by atoms with E-state index in [1.54, 1.807) is 0 Å². The molecule has 0 aliphatic carbocycles. The van der Waals surface area contributed by atoms with Crippen molar-refractivity contribution in [1.29, 1.82) is 0 Å². The van der Waals surface area contributed by atoms with E-state index in [9.17, 15) is 4.79 Å². The van der Waals surface area contributed by atoms with E-state index in [4.69, 9.17) is 0 Å². The van der Waals surface area contributed by atoms with Crippen LogP contribution >= 0.6 is 0 Å². The van der Waals surface area contributed by atoms with Crippen LogP contribution in [-0.4, -0.2) is 12.5 Å². The molecule has 1 aromatic rings. The molecule has 0 bridgehead atoms. The zero-order valence-electron chi connectivity index (χ0n) is 9.57. The maximum absolute atomic E-state index is 10.6. The first-order valence-electron chi connectivity index (χ1n) is 5.36. The molecule has 1 N–H and O–H groups in total. The van der Waals surface area contributed by atoms with Crippen molar-refractivity contribution in [3.05, 3.63) is 48.0 Å². The van der Waals surface area contributed by atoms with Crippen LogP contribution in [0, 0.1) is 0 Å². The summed E-state index contributed by atoms with van der Waals surface area (Å²) in [6.07, 6.45) is 6.78. The molecule has 0 fully saturated rings. The van der Waals surface area contributed by atoms with Gasteiger partial charge in [0, 0.05) is 13.5 Å². The molecule has 0 aromatic heterocycles. The number of benzene rings is 1. The van der Waals surface area contributed by atoms with Gasteiger partial charge in [0.25, 0.3) is 0 Å². The largest absolute Gasteiger partial charge is 0.356 e. The second kappa shape index (κ2) is 6.62. The third-order valence-electron chi connectivity index (χ3n) is 2.14. The van der Waals surface area contributed by atoms with Crippen LogP contribution < -0.4 is 5.32 Å². The maximum atomic E-state index is 10.6. The molecule has 0 spiro atoms. The average molecular weight is 215 g/mol. The van der Waals surface area contributed by atoms with Crippen molar-refractivity contribution in [3.8, 4) is 0 Å². The number of amides is 1. The van der Waals surface area contributed by atoms with Crippen molar-refractivity contribution in [3.63, 3.8) is 0 Å². The van der Waals surface area contributed by atoms with E-state index in [0.29, 0.717) is 6.54 Å². The molecule has 0 aliphatic rings. The van der Waals surface area contributed by atoms with Crippen molar-refractivity contribution in [2.75, 3.05) is 6.54 Å². The normalized spacial score (nSPS) is 10.3. The monoisotopic (exact) mass is 215 g/mol. The van der Waals surface area contributed by atoms with Crippen LogP contribution in [0.5, 0.6) is 0 Å². The summed E-state index contributed by atoms with van der Waals surface area (Å²) < 4.78 is 0. The van der Waals surface area contributed by atoms with Crippen LogP contribution in [0.1, 0.15) is 24.5 Å². The minimum Gasteiger partial charge on any atom is -0.356 e. The van der Waals surface area contributed by atoms with Gasteiger partial charge in [0.2, 0.25) is 5.91 Å². The molecule has 1 rings (SSSR count). The van der Waals surface area contributed by atoms with Crippen LogP contribution in [0.3, 0.4) is 0 Å². The second-order valence-corrected chi connectivity index (χ2v) is 3.55. The Balaban J connectivity index is 2.43. The van der Waals surface area contributed by atoms with E-state index >= 15 is 0 Å². The van der Waals surface area contributed by atoms with E-state index in [-0.39, 0.29) is 5.91 Å². The minimum atomic E-state index is 0.0158. The fourth-order valence-electron chi connectivity index (χ4n) is 1.34. The smallest absolute Gasteiger partial charge is 0.216 e. The summed E-state index contributed by atoms with van der Waals surface area (Å²) in [5, 5.41) is 2.75. The fourth-order valence-corrected chi connectivity index (χ4v) is 1.34. The van der Waals surface area contributed by atoms with Gasteiger partial charge in [-0.3, -0.25) is 4.79 Å². The number of carbonyl (C=O) groups is 1. The number of hydrogen-bond donors (Lipinski definition) is 1. The zero-order chi connectivity index (χ0) is 11.8. The molecule has 84 valence electrons. The summed E-state index contributed by atoms with van der Waals surface area (Å²) in [5.41, 5.74) is 2.27. The third kappa shape index (κ3) is 4.60. The van der Waals surface area contributed by atoms with Crippen LogP contribution in [-0.2, 0) is 4.79 Å². The summed E-state index contributed by atoms with van der Waals surface area (Å²) >= 11 is 0. The minimum absolute atomic E-state index is 0.0158. The van der Waals surface area contributed by atoms with Gasteiger partial charge in [-0.1, -0.05) is 43.0 Å². The number of nitrogens with one attached hydrogen (secondary N) is 1. The molecule has 0 saturated heterocycles. The fraction of sp³-hybridized carbons (Fsp3) is 0.214. The number of carbonyl (C=O) groups excluding carboxylic acids is 1. The van der Waals surface area contributed by atoms with E-state index in [0.717, 1.165) is 17.5 Å². The lowest BCUT2D eigenvalue weighted by Crippen LogP contribution is -2.20. The van der Waals surface area contributed by atoms with E-state index < -0.39 is 0 Å². The predicted octanol–water partition coefficient (Wildman–Crippen LogP) is 2.87. The number of rotatable bonds is 5. The summed E-state index contributed by atoms with van der Waals surface area (Å²) in [6.45, 7) is 5.94. The Bertz CT molecular complexity index is 393. The SMILES string of the molecule is C=Cc1cccc(C=CCCNC(C)=O)c1. The highest BCUT2D eigenvalue weighted by Gasteiger charge is 1.89. The highest BCUT2D eigenvalue weighted by Crippen LogP contribution is 2.08. The Labute approximate surface area is 96.7 Å². The van der Waals surface area contributed by atoms with Gasteiger partial charge >= 0.3 is 0 Å². The molecule has 16 heavy (non-hydrogen) atoms. The maximum Gasteiger partial charge on any atom is 0.216 e. The highest BCUT2D eigenvalue weighted by molar-refractivity contribution is 5.72. The van der Waals surface area contributed by atoms with E-state index in [1.807, 2.05) is 24.3 Å². The van der Waals surface area contributed by atoms with Gasteiger partial charge in [-0.15, -0.1) is 0 Å². The third-order valence-corrected chi connectivity index (χ3v) is 2.14. The first-order valence-corrected chi connectivity index (χ1v) is 5.36. The lowest BCUT2D eigenvalue weighted by molar-refractivity contribution is -0.118. The molecule has 0 saturated carbocycles. The Morgan fingerprint density at radius 3 is 2.88 bits per heavy atom. The molecule has 0 radical (unpaired) electrons. The standard InChI is InChI=1S/C14H17NO/c1-3-13-8-6-9-14(11-13)7-4-5-10-15-12(2)16/h3-4,6-9,11H,1,5,10H2,2H3,(H,15,16). The molecule has 1 aromatic carbocycles. The molecule has 2 nitrogen and oxygen atoms in total. The molecular formula is C14H17NO. The topological polar surface area (TPSA) is 29.1 Å². The van der Waals surface area contributed by atoms with Gasteiger partial charge < -0.3 is 5.32 Å². The molecule has 0 atom stereocenters. The summed E-state index contributed by atoms with van der Waals surface area (Å²) in [6, 6.07) is 8.13. The van der Waals surface area contributed by atoms with Crippen LogP contribution in [0.4, 0.5) is 0 Å². The van der Waals surface area contributed by atoms with E-state index in [2.05, 4.69) is 30.1 Å². The molecular weight excluding hydrogens is 198 g/mol. The van der Waals surface area contributed by atoms with Crippen molar-refractivity contribution < 1.29 is 4.79 Å². The molecule has 0 unspecified atom stereocenters. The summed E-state index contributed by atoms with van der Waals surface area (Å²) in [4.78, 5) is 10.6.